The quantitative estimate of drug-likeness (QED) is 0.198. The molecule has 0 aliphatic heterocycles. The van der Waals surface area contributed by atoms with E-state index in [1.807, 2.05) is 54.6 Å². The second kappa shape index (κ2) is 9.44. The highest BCUT2D eigenvalue weighted by molar-refractivity contribution is 6.25. The van der Waals surface area contributed by atoms with E-state index < -0.39 is 24.2 Å². The first-order valence-corrected chi connectivity index (χ1v) is 14.1. The zero-order chi connectivity index (χ0) is 35.3. The number of fused-ring (bicyclic) bond motifs is 6. The number of hydrogen-bond donors (Lipinski definition) is 0. The van der Waals surface area contributed by atoms with Gasteiger partial charge in [-0.1, -0.05) is 139 Å². The fourth-order valence-electron chi connectivity index (χ4n) is 6.47. The maximum atomic E-state index is 9.29. The van der Waals surface area contributed by atoms with Crippen molar-refractivity contribution in [3.63, 3.8) is 0 Å². The molecule has 0 saturated carbocycles. The Morgan fingerprint density at radius 3 is 1.81 bits per heavy atom. The Balaban J connectivity index is 1.47. The molecule has 0 saturated heterocycles. The van der Waals surface area contributed by atoms with E-state index in [0.29, 0.717) is 38.8 Å². The van der Waals surface area contributed by atoms with Crippen LogP contribution in [0.1, 0.15) is 11.0 Å². The molecule has 1 nitrogen and oxygen atoms in total. The molecule has 0 N–H and O–H groups in total. The SMILES string of the molecule is [2H]c1c([2H])c([2H])c2c(-c3cccc4oc5cc(-c6cccc7ccccc67)ccc5c34)c3c([2H])c([2H])c([2H])c([2H])c3c(-c3ccccc3)c2c1[2H]. The molecule has 0 unspecified atom stereocenters. The lowest BCUT2D eigenvalue weighted by molar-refractivity contribution is 0.669. The minimum Gasteiger partial charge on any atom is -0.456 e. The van der Waals surface area contributed by atoms with Crippen LogP contribution in [0.2, 0.25) is 0 Å². The molecule has 0 aliphatic carbocycles. The highest BCUT2D eigenvalue weighted by Crippen LogP contribution is 2.47. The van der Waals surface area contributed by atoms with Gasteiger partial charge in [0.2, 0.25) is 0 Å². The van der Waals surface area contributed by atoms with Crippen LogP contribution in [-0.2, 0) is 0 Å². The molecule has 0 bridgehead atoms. The molecule has 1 heteroatoms. The van der Waals surface area contributed by atoms with Gasteiger partial charge in [-0.3, -0.25) is 0 Å². The van der Waals surface area contributed by atoms with Crippen molar-refractivity contribution in [2.75, 3.05) is 0 Å². The normalized spacial score (nSPS) is 14.3. The number of rotatable bonds is 3. The Morgan fingerprint density at radius 1 is 0.419 bits per heavy atom. The number of hydrogen-bond acceptors (Lipinski definition) is 1. The summed E-state index contributed by atoms with van der Waals surface area (Å²) < 4.78 is 78.3. The summed E-state index contributed by atoms with van der Waals surface area (Å²) in [5.74, 6) is 0. The summed E-state index contributed by atoms with van der Waals surface area (Å²) in [6.07, 6.45) is 0. The van der Waals surface area contributed by atoms with Gasteiger partial charge in [0.15, 0.2) is 0 Å². The Hall–Kier alpha value is -5.66. The third-order valence-electron chi connectivity index (χ3n) is 8.30. The zero-order valence-electron chi connectivity index (χ0n) is 30.8. The van der Waals surface area contributed by atoms with Crippen LogP contribution in [0.3, 0.4) is 0 Å². The minimum absolute atomic E-state index is 0.173. The predicted octanol–water partition coefficient (Wildman–Crippen LogP) is 12.0. The molecule has 0 radical (unpaired) electrons. The lowest BCUT2D eigenvalue weighted by atomic mass is 9.85. The second-order valence-corrected chi connectivity index (χ2v) is 10.6. The van der Waals surface area contributed by atoms with E-state index in [9.17, 15) is 5.48 Å². The van der Waals surface area contributed by atoms with Crippen molar-refractivity contribution >= 4 is 54.3 Å². The Bertz CT molecular complexity index is 2860. The average molecular weight is 555 g/mol. The second-order valence-electron chi connectivity index (χ2n) is 10.6. The van der Waals surface area contributed by atoms with Crippen molar-refractivity contribution in [2.45, 2.75) is 0 Å². The van der Waals surface area contributed by atoms with E-state index >= 15 is 0 Å². The molecule has 9 aromatic rings. The van der Waals surface area contributed by atoms with Crippen molar-refractivity contribution in [1.82, 2.24) is 0 Å². The Labute approximate surface area is 260 Å². The van der Waals surface area contributed by atoms with Crippen molar-refractivity contribution in [2.24, 2.45) is 0 Å². The summed E-state index contributed by atoms with van der Waals surface area (Å²) in [6.45, 7) is 0. The molecule has 8 aromatic carbocycles. The maximum absolute atomic E-state index is 9.29. The number of benzene rings is 8. The monoisotopic (exact) mass is 554 g/mol. The van der Waals surface area contributed by atoms with Gasteiger partial charge in [-0.05, 0) is 83.9 Å². The molecule has 0 aliphatic rings. The highest BCUT2D eigenvalue weighted by atomic mass is 16.3. The molecule has 1 aromatic heterocycles. The van der Waals surface area contributed by atoms with Gasteiger partial charge in [-0.25, -0.2) is 0 Å². The van der Waals surface area contributed by atoms with Crippen LogP contribution >= 0.6 is 0 Å². The van der Waals surface area contributed by atoms with Gasteiger partial charge in [0.25, 0.3) is 0 Å². The average Bonchev–Trinajstić information content (AvgIpc) is 3.55. The van der Waals surface area contributed by atoms with Gasteiger partial charge in [-0.15, -0.1) is 0 Å². The fourth-order valence-corrected chi connectivity index (χ4v) is 6.47. The summed E-state index contributed by atoms with van der Waals surface area (Å²) in [5, 5.41) is 4.37. The van der Waals surface area contributed by atoms with E-state index in [1.54, 1.807) is 30.3 Å². The van der Waals surface area contributed by atoms with Crippen molar-refractivity contribution in [1.29, 1.82) is 0 Å². The van der Waals surface area contributed by atoms with Crippen LogP contribution in [0.15, 0.2) is 162 Å². The molecule has 0 fully saturated rings. The van der Waals surface area contributed by atoms with Crippen LogP contribution in [0, 0.1) is 0 Å². The van der Waals surface area contributed by atoms with E-state index in [-0.39, 0.29) is 45.7 Å². The summed E-state index contributed by atoms with van der Waals surface area (Å²) in [7, 11) is 0. The first-order chi connectivity index (χ1) is 24.7. The summed E-state index contributed by atoms with van der Waals surface area (Å²) in [6, 6.07) is 31.9. The molecule has 200 valence electrons. The third kappa shape index (κ3) is 3.65. The predicted molar refractivity (Wildman–Crippen MR) is 183 cm³/mol. The molecule has 1 heterocycles. The molecule has 0 atom stereocenters. The third-order valence-corrected chi connectivity index (χ3v) is 8.30. The first kappa shape index (κ1) is 17.3. The van der Waals surface area contributed by atoms with Gasteiger partial charge in [0.05, 0.1) is 11.0 Å². The Morgan fingerprint density at radius 2 is 1.05 bits per heavy atom. The van der Waals surface area contributed by atoms with Crippen molar-refractivity contribution in [3.8, 4) is 33.4 Å². The van der Waals surface area contributed by atoms with Gasteiger partial charge in [0, 0.05) is 10.8 Å². The van der Waals surface area contributed by atoms with E-state index in [4.69, 9.17) is 9.90 Å². The van der Waals surface area contributed by atoms with Gasteiger partial charge < -0.3 is 4.42 Å². The smallest absolute Gasteiger partial charge is 0.136 e. The van der Waals surface area contributed by atoms with Crippen molar-refractivity contribution < 1.29 is 15.4 Å². The Kier molecular flexibility index (Phi) is 3.80. The van der Waals surface area contributed by atoms with E-state index in [0.717, 1.165) is 27.3 Å². The molecule has 0 amide bonds. The molecule has 9 rings (SSSR count). The van der Waals surface area contributed by atoms with Crippen LogP contribution in [-0.4, -0.2) is 0 Å². The molecular formula is C42H26O. The standard InChI is InChI=1S/C42H26O/c1-2-13-28(14-3-1)40-32-17-6-8-19-34(32)41(35-20-9-7-18-33(35)40)37-22-11-23-38-42(37)36-25-24-29(26-39(36)43-38)31-21-10-15-27-12-4-5-16-30(27)31/h1-26H/i6D,7D,8D,9D,17D,18D,19D,20D. The maximum Gasteiger partial charge on any atom is 0.136 e. The fraction of sp³-hybridized carbons (Fsp3) is 0. The van der Waals surface area contributed by atoms with E-state index in [1.165, 1.54) is 0 Å². The summed E-state index contributed by atoms with van der Waals surface area (Å²) >= 11 is 0. The molecular weight excluding hydrogens is 520 g/mol. The van der Waals surface area contributed by atoms with Crippen LogP contribution in [0.5, 0.6) is 0 Å². The van der Waals surface area contributed by atoms with Crippen LogP contribution in [0.4, 0.5) is 0 Å². The lowest BCUT2D eigenvalue weighted by Gasteiger charge is -2.18. The first-order valence-electron chi connectivity index (χ1n) is 18.1. The molecule has 0 spiro atoms. The number of furan rings is 1. The largest absolute Gasteiger partial charge is 0.456 e. The molecule has 43 heavy (non-hydrogen) atoms. The van der Waals surface area contributed by atoms with Crippen molar-refractivity contribution in [3.05, 3.63) is 158 Å². The van der Waals surface area contributed by atoms with E-state index in [2.05, 4.69) is 24.3 Å². The lowest BCUT2D eigenvalue weighted by Crippen LogP contribution is -1.91. The topological polar surface area (TPSA) is 13.1 Å². The van der Waals surface area contributed by atoms with Crippen LogP contribution in [0.25, 0.3) is 87.6 Å². The highest BCUT2D eigenvalue weighted by Gasteiger charge is 2.20. The minimum atomic E-state index is -0.433. The summed E-state index contributed by atoms with van der Waals surface area (Å²) in [5.41, 5.74) is 4.89. The van der Waals surface area contributed by atoms with Gasteiger partial charge in [-0.2, -0.15) is 0 Å². The van der Waals surface area contributed by atoms with Gasteiger partial charge in [0.1, 0.15) is 11.2 Å². The van der Waals surface area contributed by atoms with Crippen LogP contribution < -0.4 is 0 Å². The zero-order valence-corrected chi connectivity index (χ0v) is 22.8. The van der Waals surface area contributed by atoms with Gasteiger partial charge >= 0.3 is 0 Å². The summed E-state index contributed by atoms with van der Waals surface area (Å²) in [4.78, 5) is 0.